The highest BCUT2D eigenvalue weighted by atomic mass is 16.5. The van der Waals surface area contributed by atoms with Gasteiger partial charge >= 0.3 is 0 Å². The Morgan fingerprint density at radius 2 is 1.89 bits per heavy atom. The van der Waals surface area contributed by atoms with Crippen molar-refractivity contribution in [1.82, 2.24) is 5.32 Å². The van der Waals surface area contributed by atoms with Crippen LogP contribution in [0.2, 0.25) is 0 Å². The smallest absolute Gasteiger partial charge is 0.0471 e. The van der Waals surface area contributed by atoms with Crippen LogP contribution in [0, 0.1) is 11.3 Å². The zero-order valence-corrected chi connectivity index (χ0v) is 11.0. The van der Waals surface area contributed by atoms with Crippen LogP contribution in [0.4, 0.5) is 0 Å². The van der Waals surface area contributed by atoms with E-state index < -0.39 is 0 Å². The van der Waals surface area contributed by atoms with Gasteiger partial charge in [-0.3, -0.25) is 0 Å². The van der Waals surface area contributed by atoms with Crippen molar-refractivity contribution in [2.75, 3.05) is 26.3 Å². The average Bonchev–Trinajstić information content (AvgIpc) is 2.44. The molecule has 3 rings (SSSR count). The van der Waals surface area contributed by atoms with Crippen LogP contribution in [0.1, 0.15) is 24.8 Å². The molecule has 18 heavy (non-hydrogen) atoms. The topological polar surface area (TPSA) is 21.3 Å². The molecule has 2 fully saturated rings. The molecule has 1 aromatic carbocycles. The van der Waals surface area contributed by atoms with Crippen molar-refractivity contribution in [1.29, 1.82) is 0 Å². The van der Waals surface area contributed by atoms with Gasteiger partial charge in [-0.25, -0.2) is 0 Å². The van der Waals surface area contributed by atoms with Crippen LogP contribution < -0.4 is 5.32 Å². The van der Waals surface area contributed by atoms with E-state index in [1.54, 1.807) is 0 Å². The summed E-state index contributed by atoms with van der Waals surface area (Å²) in [6, 6.07) is 10.9. The molecular formula is C16H23NO. The summed E-state index contributed by atoms with van der Waals surface area (Å²) in [4.78, 5) is 0. The number of nitrogens with one attached hydrogen (secondary N) is 1. The van der Waals surface area contributed by atoms with Crippen molar-refractivity contribution in [2.45, 2.75) is 25.7 Å². The minimum Gasteiger partial charge on any atom is -0.381 e. The Morgan fingerprint density at radius 3 is 2.67 bits per heavy atom. The van der Waals surface area contributed by atoms with Crippen LogP contribution in [0.3, 0.4) is 0 Å². The van der Waals surface area contributed by atoms with Crippen molar-refractivity contribution in [3.05, 3.63) is 35.9 Å². The number of hydrogen-bond acceptors (Lipinski definition) is 2. The molecule has 2 heterocycles. The molecule has 0 amide bonds. The normalized spacial score (nSPS) is 27.2. The van der Waals surface area contributed by atoms with Crippen LogP contribution >= 0.6 is 0 Å². The standard InChI is InChI=1S/C16H23NO/c1-2-4-14(5-3-1)12-15-13-17-9-6-16(15)7-10-18-11-8-16/h1-5,15,17H,6-13H2. The van der Waals surface area contributed by atoms with E-state index in [0.29, 0.717) is 5.41 Å². The highest BCUT2D eigenvalue weighted by Gasteiger charge is 2.41. The number of hydrogen-bond donors (Lipinski definition) is 1. The summed E-state index contributed by atoms with van der Waals surface area (Å²) in [6.45, 7) is 4.29. The summed E-state index contributed by atoms with van der Waals surface area (Å²) >= 11 is 0. The third kappa shape index (κ3) is 2.45. The number of piperidine rings is 1. The van der Waals surface area contributed by atoms with Gasteiger partial charge in [0.2, 0.25) is 0 Å². The maximum atomic E-state index is 5.58. The molecule has 1 unspecified atom stereocenters. The molecule has 1 aromatic rings. The minimum atomic E-state index is 0.541. The third-order valence-corrected chi connectivity index (χ3v) is 4.87. The summed E-state index contributed by atoms with van der Waals surface area (Å²) in [7, 11) is 0. The minimum absolute atomic E-state index is 0.541. The van der Waals surface area contributed by atoms with Gasteiger partial charge in [0.25, 0.3) is 0 Å². The Labute approximate surface area is 110 Å². The Balaban J connectivity index is 1.75. The van der Waals surface area contributed by atoms with E-state index in [0.717, 1.165) is 19.1 Å². The van der Waals surface area contributed by atoms with E-state index in [9.17, 15) is 0 Å². The molecule has 0 saturated carbocycles. The van der Waals surface area contributed by atoms with E-state index in [4.69, 9.17) is 4.74 Å². The predicted octanol–water partition coefficient (Wildman–Crippen LogP) is 2.64. The van der Waals surface area contributed by atoms with Gasteiger partial charge < -0.3 is 10.1 Å². The molecule has 2 nitrogen and oxygen atoms in total. The third-order valence-electron chi connectivity index (χ3n) is 4.87. The molecule has 0 aliphatic carbocycles. The first-order chi connectivity index (χ1) is 8.89. The second kappa shape index (κ2) is 5.41. The second-order valence-electron chi connectivity index (χ2n) is 5.82. The number of benzene rings is 1. The molecule has 1 atom stereocenters. The summed E-state index contributed by atoms with van der Waals surface area (Å²) in [5, 5.41) is 3.59. The Hall–Kier alpha value is -0.860. The SMILES string of the molecule is c1ccc(CC2CNCCC23CCOCC3)cc1. The van der Waals surface area contributed by atoms with E-state index in [2.05, 4.69) is 35.6 Å². The first-order valence-electron chi connectivity index (χ1n) is 7.21. The Bertz CT molecular complexity index is 362. The van der Waals surface area contributed by atoms with E-state index in [1.165, 1.54) is 44.3 Å². The van der Waals surface area contributed by atoms with Crippen LogP contribution in [0.15, 0.2) is 30.3 Å². The fourth-order valence-electron chi connectivity index (χ4n) is 3.66. The summed E-state index contributed by atoms with van der Waals surface area (Å²) < 4.78 is 5.58. The summed E-state index contributed by atoms with van der Waals surface area (Å²) in [6.07, 6.45) is 5.06. The van der Waals surface area contributed by atoms with E-state index in [1.807, 2.05) is 0 Å². The fraction of sp³-hybridized carbons (Fsp3) is 0.625. The van der Waals surface area contributed by atoms with Crippen LogP contribution in [0.25, 0.3) is 0 Å². The number of rotatable bonds is 2. The molecule has 0 bridgehead atoms. The van der Waals surface area contributed by atoms with E-state index >= 15 is 0 Å². The maximum absolute atomic E-state index is 5.58. The highest BCUT2D eigenvalue weighted by Crippen LogP contribution is 2.44. The lowest BCUT2D eigenvalue weighted by Crippen LogP contribution is -2.48. The largest absolute Gasteiger partial charge is 0.381 e. The van der Waals surface area contributed by atoms with Crippen LogP contribution in [-0.2, 0) is 11.2 Å². The lowest BCUT2D eigenvalue weighted by Gasteiger charge is -2.47. The van der Waals surface area contributed by atoms with Crippen molar-refractivity contribution in [3.8, 4) is 0 Å². The Morgan fingerprint density at radius 1 is 1.11 bits per heavy atom. The van der Waals surface area contributed by atoms with Gasteiger partial charge in [0.1, 0.15) is 0 Å². The molecule has 0 radical (unpaired) electrons. The highest BCUT2D eigenvalue weighted by molar-refractivity contribution is 5.16. The van der Waals surface area contributed by atoms with Gasteiger partial charge in [0.05, 0.1) is 0 Å². The second-order valence-corrected chi connectivity index (χ2v) is 5.82. The zero-order valence-electron chi connectivity index (χ0n) is 11.0. The monoisotopic (exact) mass is 245 g/mol. The summed E-state index contributed by atoms with van der Waals surface area (Å²) in [5.41, 5.74) is 2.02. The Kier molecular flexibility index (Phi) is 3.67. The quantitative estimate of drug-likeness (QED) is 0.865. The first-order valence-corrected chi connectivity index (χ1v) is 7.21. The molecule has 98 valence electrons. The van der Waals surface area contributed by atoms with Gasteiger partial charge in [0.15, 0.2) is 0 Å². The number of ether oxygens (including phenoxy) is 1. The van der Waals surface area contributed by atoms with E-state index in [-0.39, 0.29) is 0 Å². The average molecular weight is 245 g/mol. The van der Waals surface area contributed by atoms with Crippen molar-refractivity contribution in [2.24, 2.45) is 11.3 Å². The molecule has 2 saturated heterocycles. The summed E-state index contributed by atoms with van der Waals surface area (Å²) in [5.74, 6) is 0.776. The van der Waals surface area contributed by atoms with Crippen molar-refractivity contribution in [3.63, 3.8) is 0 Å². The first kappa shape index (κ1) is 12.2. The molecule has 1 spiro atoms. The van der Waals surface area contributed by atoms with Crippen LogP contribution in [0.5, 0.6) is 0 Å². The molecule has 2 heteroatoms. The van der Waals surface area contributed by atoms with Gasteiger partial charge in [-0.15, -0.1) is 0 Å². The molecular weight excluding hydrogens is 222 g/mol. The fourth-order valence-corrected chi connectivity index (χ4v) is 3.66. The molecule has 2 aliphatic heterocycles. The van der Waals surface area contributed by atoms with Gasteiger partial charge in [0, 0.05) is 13.2 Å². The van der Waals surface area contributed by atoms with Crippen molar-refractivity contribution < 1.29 is 4.74 Å². The lowest BCUT2D eigenvalue weighted by molar-refractivity contribution is -0.0339. The van der Waals surface area contributed by atoms with Crippen LogP contribution in [-0.4, -0.2) is 26.3 Å². The molecule has 2 aliphatic rings. The maximum Gasteiger partial charge on any atom is 0.0471 e. The van der Waals surface area contributed by atoms with Gasteiger partial charge in [-0.2, -0.15) is 0 Å². The lowest BCUT2D eigenvalue weighted by atomic mass is 9.64. The van der Waals surface area contributed by atoms with Gasteiger partial charge in [-0.05, 0) is 55.7 Å². The zero-order chi connectivity index (χ0) is 12.3. The predicted molar refractivity (Wildman–Crippen MR) is 73.6 cm³/mol. The molecule has 0 aromatic heterocycles. The molecule has 1 N–H and O–H groups in total. The van der Waals surface area contributed by atoms with Gasteiger partial charge in [-0.1, -0.05) is 30.3 Å². The van der Waals surface area contributed by atoms with Crippen molar-refractivity contribution >= 4 is 0 Å².